The SMILES string of the molecule is CN=C(NC1CC1C1CCCCC1)N(C)Cc1cccn1C. The molecule has 2 unspecified atom stereocenters. The number of guanidine groups is 1. The van der Waals surface area contributed by atoms with E-state index in [0.29, 0.717) is 6.04 Å². The zero-order valence-electron chi connectivity index (χ0n) is 14.3. The van der Waals surface area contributed by atoms with Gasteiger partial charge in [-0.25, -0.2) is 0 Å². The number of rotatable bonds is 4. The summed E-state index contributed by atoms with van der Waals surface area (Å²) in [4.78, 5) is 6.71. The summed E-state index contributed by atoms with van der Waals surface area (Å²) in [5.74, 6) is 2.88. The Labute approximate surface area is 134 Å². The molecule has 1 heterocycles. The lowest BCUT2D eigenvalue weighted by molar-refractivity contribution is 0.314. The Morgan fingerprint density at radius 2 is 2.14 bits per heavy atom. The van der Waals surface area contributed by atoms with Crippen LogP contribution in [0.2, 0.25) is 0 Å². The van der Waals surface area contributed by atoms with E-state index in [1.807, 2.05) is 7.05 Å². The molecule has 2 aliphatic carbocycles. The van der Waals surface area contributed by atoms with Crippen molar-refractivity contribution in [3.63, 3.8) is 0 Å². The highest BCUT2D eigenvalue weighted by atomic mass is 15.3. The summed E-state index contributed by atoms with van der Waals surface area (Å²) >= 11 is 0. The lowest BCUT2D eigenvalue weighted by Crippen LogP contribution is -2.40. The van der Waals surface area contributed by atoms with Gasteiger partial charge in [0, 0.05) is 39.1 Å². The van der Waals surface area contributed by atoms with Gasteiger partial charge in [0.2, 0.25) is 0 Å². The van der Waals surface area contributed by atoms with Crippen molar-refractivity contribution in [1.29, 1.82) is 0 Å². The maximum Gasteiger partial charge on any atom is 0.193 e. The summed E-state index contributed by atoms with van der Waals surface area (Å²) in [5.41, 5.74) is 1.31. The quantitative estimate of drug-likeness (QED) is 0.685. The van der Waals surface area contributed by atoms with E-state index in [9.17, 15) is 0 Å². The molecule has 0 radical (unpaired) electrons. The van der Waals surface area contributed by atoms with Gasteiger partial charge in [-0.3, -0.25) is 4.99 Å². The highest BCUT2D eigenvalue weighted by Crippen LogP contribution is 2.44. The maximum absolute atomic E-state index is 4.48. The van der Waals surface area contributed by atoms with Gasteiger partial charge in [0.1, 0.15) is 0 Å². The van der Waals surface area contributed by atoms with Crippen LogP contribution in [0.4, 0.5) is 0 Å². The molecule has 2 saturated carbocycles. The maximum atomic E-state index is 4.48. The van der Waals surface area contributed by atoms with Gasteiger partial charge in [0.15, 0.2) is 5.96 Å². The van der Waals surface area contributed by atoms with Crippen molar-refractivity contribution in [2.45, 2.75) is 51.1 Å². The standard InChI is InChI=1S/C18H30N4/c1-19-18(22(3)13-15-10-7-11-21(15)2)20-17-12-16(17)14-8-5-4-6-9-14/h7,10-11,14,16-17H,4-6,8-9,12-13H2,1-3H3,(H,19,20). The molecule has 0 amide bonds. The number of hydrogen-bond acceptors (Lipinski definition) is 1. The number of hydrogen-bond donors (Lipinski definition) is 1. The molecule has 22 heavy (non-hydrogen) atoms. The molecule has 2 aliphatic rings. The van der Waals surface area contributed by atoms with Gasteiger partial charge in [-0.15, -0.1) is 0 Å². The fourth-order valence-corrected chi connectivity index (χ4v) is 3.95. The molecule has 2 fully saturated rings. The summed E-state index contributed by atoms with van der Waals surface area (Å²) in [6.45, 7) is 0.893. The first-order valence-electron chi connectivity index (χ1n) is 8.73. The van der Waals surface area contributed by atoms with Gasteiger partial charge in [-0.1, -0.05) is 32.1 Å². The smallest absolute Gasteiger partial charge is 0.193 e. The molecule has 1 aromatic heterocycles. The van der Waals surface area contributed by atoms with Crippen molar-refractivity contribution in [2.24, 2.45) is 23.9 Å². The highest BCUT2D eigenvalue weighted by Gasteiger charge is 2.43. The predicted molar refractivity (Wildman–Crippen MR) is 91.8 cm³/mol. The summed E-state index contributed by atoms with van der Waals surface area (Å²) in [6.07, 6.45) is 10.6. The second kappa shape index (κ2) is 6.76. The normalized spacial score (nSPS) is 26.0. The average Bonchev–Trinajstić information content (AvgIpc) is 3.21. The van der Waals surface area contributed by atoms with Crippen molar-refractivity contribution < 1.29 is 0 Å². The van der Waals surface area contributed by atoms with Gasteiger partial charge in [0.05, 0.1) is 6.54 Å². The van der Waals surface area contributed by atoms with Crippen molar-refractivity contribution in [3.05, 3.63) is 24.0 Å². The first-order valence-corrected chi connectivity index (χ1v) is 8.73. The fraction of sp³-hybridized carbons (Fsp3) is 0.722. The summed E-state index contributed by atoms with van der Waals surface area (Å²) in [5, 5.41) is 3.69. The van der Waals surface area contributed by atoms with Crippen molar-refractivity contribution in [2.75, 3.05) is 14.1 Å². The van der Waals surface area contributed by atoms with Crippen LogP contribution in [0.3, 0.4) is 0 Å². The molecule has 0 saturated heterocycles. The Morgan fingerprint density at radius 3 is 2.77 bits per heavy atom. The summed E-state index contributed by atoms with van der Waals surface area (Å²) < 4.78 is 2.17. The van der Waals surface area contributed by atoms with E-state index in [1.54, 1.807) is 0 Å². The van der Waals surface area contributed by atoms with E-state index in [1.165, 1.54) is 44.2 Å². The van der Waals surface area contributed by atoms with E-state index in [2.05, 4.69) is 52.2 Å². The van der Waals surface area contributed by atoms with E-state index in [0.717, 1.165) is 24.3 Å². The Bertz CT molecular complexity index is 513. The van der Waals surface area contributed by atoms with E-state index in [4.69, 9.17) is 0 Å². The largest absolute Gasteiger partial charge is 0.353 e. The van der Waals surface area contributed by atoms with Gasteiger partial charge >= 0.3 is 0 Å². The molecule has 0 aliphatic heterocycles. The third kappa shape index (κ3) is 3.47. The van der Waals surface area contributed by atoms with Gasteiger partial charge in [-0.2, -0.15) is 0 Å². The minimum atomic E-state index is 0.651. The monoisotopic (exact) mass is 302 g/mol. The van der Waals surface area contributed by atoms with Crippen LogP contribution < -0.4 is 5.32 Å². The average molecular weight is 302 g/mol. The minimum absolute atomic E-state index is 0.651. The van der Waals surface area contributed by atoms with Crippen molar-refractivity contribution >= 4 is 5.96 Å². The number of aliphatic imine (C=N–C) groups is 1. The molecule has 1 aromatic rings. The van der Waals surface area contributed by atoms with Crippen LogP contribution in [0.15, 0.2) is 23.3 Å². The summed E-state index contributed by atoms with van der Waals surface area (Å²) in [6, 6.07) is 4.92. The molecule has 2 atom stereocenters. The first-order chi connectivity index (χ1) is 10.7. The Balaban J connectivity index is 1.51. The third-order valence-electron chi connectivity index (χ3n) is 5.43. The molecule has 1 N–H and O–H groups in total. The number of aryl methyl sites for hydroxylation is 1. The van der Waals surface area contributed by atoms with Crippen LogP contribution in [0, 0.1) is 11.8 Å². The predicted octanol–water partition coefficient (Wildman–Crippen LogP) is 3.00. The number of nitrogens with one attached hydrogen (secondary N) is 1. The minimum Gasteiger partial charge on any atom is -0.353 e. The second-order valence-corrected chi connectivity index (χ2v) is 7.06. The zero-order valence-corrected chi connectivity index (χ0v) is 14.3. The summed E-state index contributed by atoms with van der Waals surface area (Å²) in [7, 11) is 6.11. The third-order valence-corrected chi connectivity index (χ3v) is 5.43. The Kier molecular flexibility index (Phi) is 4.74. The van der Waals surface area contributed by atoms with E-state index >= 15 is 0 Å². The molecule has 0 spiro atoms. The topological polar surface area (TPSA) is 32.6 Å². The molecule has 0 bridgehead atoms. The molecule has 0 aromatic carbocycles. The van der Waals surface area contributed by atoms with Crippen molar-refractivity contribution in [3.8, 4) is 0 Å². The van der Waals surface area contributed by atoms with Gasteiger partial charge < -0.3 is 14.8 Å². The van der Waals surface area contributed by atoms with Crippen LogP contribution in [0.1, 0.15) is 44.2 Å². The van der Waals surface area contributed by atoms with Crippen LogP contribution in [0.5, 0.6) is 0 Å². The lowest BCUT2D eigenvalue weighted by Gasteiger charge is -2.24. The molecular weight excluding hydrogens is 272 g/mol. The first kappa shape index (κ1) is 15.4. The molecule has 4 nitrogen and oxygen atoms in total. The molecule has 3 rings (SSSR count). The number of nitrogens with zero attached hydrogens (tertiary/aromatic N) is 3. The van der Waals surface area contributed by atoms with Crippen LogP contribution in [-0.2, 0) is 13.6 Å². The molecular formula is C18H30N4. The molecule has 122 valence electrons. The Hall–Kier alpha value is -1.45. The van der Waals surface area contributed by atoms with Crippen molar-refractivity contribution in [1.82, 2.24) is 14.8 Å². The number of aromatic nitrogens is 1. The highest BCUT2D eigenvalue weighted by molar-refractivity contribution is 5.80. The van der Waals surface area contributed by atoms with Crippen LogP contribution in [-0.4, -0.2) is 35.6 Å². The fourth-order valence-electron chi connectivity index (χ4n) is 3.95. The Morgan fingerprint density at radius 1 is 1.36 bits per heavy atom. The second-order valence-electron chi connectivity index (χ2n) is 7.06. The van der Waals surface area contributed by atoms with E-state index < -0.39 is 0 Å². The van der Waals surface area contributed by atoms with Crippen LogP contribution >= 0.6 is 0 Å². The van der Waals surface area contributed by atoms with Crippen LogP contribution in [0.25, 0.3) is 0 Å². The van der Waals surface area contributed by atoms with E-state index in [-0.39, 0.29) is 0 Å². The zero-order chi connectivity index (χ0) is 15.5. The van der Waals surface area contributed by atoms with Gasteiger partial charge in [0.25, 0.3) is 0 Å². The molecule has 4 heteroatoms. The lowest BCUT2D eigenvalue weighted by atomic mass is 9.85. The van der Waals surface area contributed by atoms with Gasteiger partial charge in [-0.05, 0) is 30.4 Å².